The van der Waals surface area contributed by atoms with Crippen molar-refractivity contribution in [1.82, 2.24) is 0 Å². The van der Waals surface area contributed by atoms with Crippen LogP contribution in [0.5, 0.6) is 0 Å². The summed E-state index contributed by atoms with van der Waals surface area (Å²) >= 11 is 0. The molecule has 1 atom stereocenters. The number of hydrogen-bond donors (Lipinski definition) is 0. The van der Waals surface area contributed by atoms with Crippen molar-refractivity contribution in [3.8, 4) is 0 Å². The van der Waals surface area contributed by atoms with E-state index in [-0.39, 0.29) is 0 Å². The average Bonchev–Trinajstić information content (AvgIpc) is 2.03. The van der Waals surface area contributed by atoms with Gasteiger partial charge in [0, 0.05) is 0 Å². The third-order valence-corrected chi connectivity index (χ3v) is 2.26. The smallest absolute Gasteiger partial charge is 0.0901 e. The Kier molecular flexibility index (Phi) is 6.40. The van der Waals surface area contributed by atoms with Crippen LogP contribution in [0.15, 0.2) is 11.6 Å². The topological polar surface area (TPSA) is 0 Å². The lowest BCUT2D eigenvalue weighted by atomic mass is 9.64. The molecule has 11 heavy (non-hydrogen) atoms. The van der Waals surface area contributed by atoms with E-state index in [0.29, 0.717) is 0 Å². The molecule has 0 aromatic carbocycles. The highest BCUT2D eigenvalue weighted by atomic mass is 14.0. The maximum absolute atomic E-state index is 2.45. The molecule has 0 amide bonds. The van der Waals surface area contributed by atoms with E-state index in [4.69, 9.17) is 0 Å². The van der Waals surface area contributed by atoms with Crippen LogP contribution < -0.4 is 0 Å². The van der Waals surface area contributed by atoms with Gasteiger partial charge in [0.2, 0.25) is 0 Å². The van der Waals surface area contributed by atoms with Crippen LogP contribution in [0.4, 0.5) is 0 Å². The highest BCUT2D eigenvalue weighted by molar-refractivity contribution is 6.36. The summed E-state index contributed by atoms with van der Waals surface area (Å²) in [5.41, 5.74) is 1.55. The summed E-state index contributed by atoms with van der Waals surface area (Å²) in [7, 11) is 1.30. The average molecular weight is 152 g/mol. The quantitative estimate of drug-likeness (QED) is 0.418. The number of rotatable bonds is 5. The molecule has 0 saturated carbocycles. The maximum atomic E-state index is 2.45. The Morgan fingerprint density at radius 2 is 2.09 bits per heavy atom. The van der Waals surface area contributed by atoms with Gasteiger partial charge in [0.15, 0.2) is 0 Å². The predicted molar refractivity (Wildman–Crippen MR) is 55.7 cm³/mol. The number of allylic oxidation sites excluding steroid dienone is 2. The standard InChI is InChI=1S/C10H21B/c1-5-7-10(11-4)8-9(3)6-2/h8,10-11H,5-7H2,1-4H3/b9-8-/t10-/m0/s1. The van der Waals surface area contributed by atoms with Gasteiger partial charge in [0.1, 0.15) is 7.28 Å². The van der Waals surface area contributed by atoms with Crippen molar-refractivity contribution in [3.05, 3.63) is 11.6 Å². The molecule has 0 nitrogen and oxygen atoms in total. The molecule has 0 heterocycles. The van der Waals surface area contributed by atoms with Crippen LogP contribution in [0.1, 0.15) is 40.0 Å². The summed E-state index contributed by atoms with van der Waals surface area (Å²) in [5.74, 6) is 0.833. The van der Waals surface area contributed by atoms with Crippen LogP contribution >= 0.6 is 0 Å². The fraction of sp³-hybridized carbons (Fsp3) is 0.800. The van der Waals surface area contributed by atoms with Gasteiger partial charge in [0.25, 0.3) is 0 Å². The molecular formula is C10H21B. The summed E-state index contributed by atoms with van der Waals surface area (Å²) < 4.78 is 0. The SMILES string of the molecule is CB[C@H](/C=C(/C)CC)CCC. The maximum Gasteiger partial charge on any atom is 0.125 e. The fourth-order valence-electron chi connectivity index (χ4n) is 1.30. The molecule has 0 aliphatic rings. The molecule has 0 spiro atoms. The van der Waals surface area contributed by atoms with Gasteiger partial charge in [-0.05, 0) is 19.2 Å². The first-order valence-corrected chi connectivity index (χ1v) is 4.91. The molecular weight excluding hydrogens is 131 g/mol. The van der Waals surface area contributed by atoms with Gasteiger partial charge in [-0.25, -0.2) is 0 Å². The van der Waals surface area contributed by atoms with Crippen molar-refractivity contribution < 1.29 is 0 Å². The molecule has 1 heteroatoms. The minimum absolute atomic E-state index is 0.833. The van der Waals surface area contributed by atoms with Crippen LogP contribution in [0, 0.1) is 0 Å². The molecule has 0 saturated heterocycles. The second-order valence-electron chi connectivity index (χ2n) is 3.32. The summed E-state index contributed by atoms with van der Waals surface area (Å²) in [6, 6.07) is 0. The molecule has 0 N–H and O–H groups in total. The lowest BCUT2D eigenvalue weighted by Crippen LogP contribution is -1.96. The zero-order valence-electron chi connectivity index (χ0n) is 8.48. The fourth-order valence-corrected chi connectivity index (χ4v) is 1.30. The minimum Gasteiger partial charge on any atom is -0.0901 e. The van der Waals surface area contributed by atoms with Gasteiger partial charge in [-0.15, -0.1) is 0 Å². The summed E-state index contributed by atoms with van der Waals surface area (Å²) in [6.45, 7) is 9.00. The molecule has 0 aliphatic carbocycles. The molecule has 0 fully saturated rings. The Morgan fingerprint density at radius 3 is 2.45 bits per heavy atom. The lowest BCUT2D eigenvalue weighted by molar-refractivity contribution is 0.800. The van der Waals surface area contributed by atoms with Crippen molar-refractivity contribution in [2.45, 2.75) is 52.7 Å². The van der Waals surface area contributed by atoms with Gasteiger partial charge in [-0.2, -0.15) is 0 Å². The second kappa shape index (κ2) is 6.51. The minimum atomic E-state index is 0.833. The first kappa shape index (κ1) is 10.8. The Morgan fingerprint density at radius 1 is 1.45 bits per heavy atom. The summed E-state index contributed by atoms with van der Waals surface area (Å²) in [5, 5.41) is 0. The van der Waals surface area contributed by atoms with E-state index in [2.05, 4.69) is 33.7 Å². The van der Waals surface area contributed by atoms with Gasteiger partial charge >= 0.3 is 0 Å². The van der Waals surface area contributed by atoms with E-state index in [1.54, 1.807) is 5.57 Å². The van der Waals surface area contributed by atoms with Crippen LogP contribution in [0.25, 0.3) is 0 Å². The molecule has 0 bridgehead atoms. The van der Waals surface area contributed by atoms with Gasteiger partial charge in [-0.1, -0.05) is 45.2 Å². The van der Waals surface area contributed by atoms with E-state index in [1.165, 1.54) is 26.5 Å². The third kappa shape index (κ3) is 5.12. The van der Waals surface area contributed by atoms with Crippen molar-refractivity contribution in [2.75, 3.05) is 0 Å². The molecule has 0 radical (unpaired) electrons. The van der Waals surface area contributed by atoms with Crippen molar-refractivity contribution in [3.63, 3.8) is 0 Å². The Bertz CT molecular complexity index is 116. The van der Waals surface area contributed by atoms with E-state index >= 15 is 0 Å². The van der Waals surface area contributed by atoms with Gasteiger partial charge < -0.3 is 0 Å². The Hall–Kier alpha value is -0.195. The van der Waals surface area contributed by atoms with Crippen molar-refractivity contribution in [1.29, 1.82) is 0 Å². The lowest BCUT2D eigenvalue weighted by Gasteiger charge is -2.08. The first-order valence-electron chi connectivity index (χ1n) is 4.91. The van der Waals surface area contributed by atoms with Crippen molar-refractivity contribution in [2.24, 2.45) is 0 Å². The highest BCUT2D eigenvalue weighted by Crippen LogP contribution is 2.16. The van der Waals surface area contributed by atoms with Crippen LogP contribution in [-0.4, -0.2) is 7.28 Å². The van der Waals surface area contributed by atoms with E-state index < -0.39 is 0 Å². The normalized spacial score (nSPS) is 14.7. The van der Waals surface area contributed by atoms with Gasteiger partial charge in [0.05, 0.1) is 0 Å². The number of hydrogen-bond acceptors (Lipinski definition) is 0. The van der Waals surface area contributed by atoms with E-state index in [0.717, 1.165) is 5.82 Å². The summed E-state index contributed by atoms with van der Waals surface area (Å²) in [4.78, 5) is 0. The molecule has 0 aliphatic heterocycles. The molecule has 0 unspecified atom stereocenters. The summed E-state index contributed by atoms with van der Waals surface area (Å²) in [6.07, 6.45) is 6.32. The van der Waals surface area contributed by atoms with Crippen LogP contribution in [-0.2, 0) is 0 Å². The molecule has 0 rings (SSSR count). The zero-order valence-corrected chi connectivity index (χ0v) is 8.48. The predicted octanol–water partition coefficient (Wildman–Crippen LogP) is 3.42. The molecule has 0 aromatic heterocycles. The van der Waals surface area contributed by atoms with E-state index in [9.17, 15) is 0 Å². The first-order chi connectivity index (χ1) is 5.24. The van der Waals surface area contributed by atoms with Crippen molar-refractivity contribution >= 4 is 7.28 Å². The van der Waals surface area contributed by atoms with Crippen LogP contribution in [0.3, 0.4) is 0 Å². The van der Waals surface area contributed by atoms with E-state index in [1.807, 2.05) is 0 Å². The second-order valence-corrected chi connectivity index (χ2v) is 3.32. The molecule has 64 valence electrons. The third-order valence-electron chi connectivity index (χ3n) is 2.26. The largest absolute Gasteiger partial charge is 0.125 e. The zero-order chi connectivity index (χ0) is 8.69. The Labute approximate surface area is 72.3 Å². The van der Waals surface area contributed by atoms with Gasteiger partial charge in [-0.3, -0.25) is 0 Å². The van der Waals surface area contributed by atoms with Crippen LogP contribution in [0.2, 0.25) is 12.6 Å². The monoisotopic (exact) mass is 152 g/mol. The highest BCUT2D eigenvalue weighted by Gasteiger charge is 2.01. The Balaban J connectivity index is 3.84. The molecule has 0 aromatic rings.